The van der Waals surface area contributed by atoms with Gasteiger partial charge in [-0.15, -0.1) is 0 Å². The summed E-state index contributed by atoms with van der Waals surface area (Å²) in [6.07, 6.45) is 0. The molecule has 0 saturated heterocycles. The first-order chi connectivity index (χ1) is 8.37. The standard InChI is InChI=1S/C12H15F2NO3/c1-12(17,7-18-2)6-15-11(16)10-8(13)4-3-5-9(10)14/h3-5,17H,6-7H2,1-2H3,(H,15,16)/t12-/m0/s1. The summed E-state index contributed by atoms with van der Waals surface area (Å²) in [6.45, 7) is 1.26. The van der Waals surface area contributed by atoms with Crippen molar-refractivity contribution in [1.29, 1.82) is 0 Å². The van der Waals surface area contributed by atoms with E-state index in [0.717, 1.165) is 12.1 Å². The summed E-state index contributed by atoms with van der Waals surface area (Å²) >= 11 is 0. The van der Waals surface area contributed by atoms with E-state index < -0.39 is 28.7 Å². The van der Waals surface area contributed by atoms with Crippen molar-refractivity contribution in [1.82, 2.24) is 5.32 Å². The van der Waals surface area contributed by atoms with Crippen LogP contribution in [0.5, 0.6) is 0 Å². The molecular formula is C12H15F2NO3. The quantitative estimate of drug-likeness (QED) is 0.832. The van der Waals surface area contributed by atoms with E-state index in [4.69, 9.17) is 4.74 Å². The number of benzene rings is 1. The predicted octanol–water partition coefficient (Wildman–Crippen LogP) is 1.09. The number of hydrogen-bond donors (Lipinski definition) is 2. The topological polar surface area (TPSA) is 58.6 Å². The number of amides is 1. The van der Waals surface area contributed by atoms with Crippen LogP contribution in [0.25, 0.3) is 0 Å². The van der Waals surface area contributed by atoms with Crippen LogP contribution in [0.4, 0.5) is 8.78 Å². The van der Waals surface area contributed by atoms with Crippen LogP contribution in [0.3, 0.4) is 0 Å². The summed E-state index contributed by atoms with van der Waals surface area (Å²) in [4.78, 5) is 11.6. The van der Waals surface area contributed by atoms with Gasteiger partial charge in [0.05, 0.1) is 6.61 Å². The fraction of sp³-hybridized carbons (Fsp3) is 0.417. The van der Waals surface area contributed by atoms with Gasteiger partial charge in [0.25, 0.3) is 5.91 Å². The first kappa shape index (κ1) is 14.5. The zero-order valence-corrected chi connectivity index (χ0v) is 10.2. The number of aliphatic hydroxyl groups is 1. The number of hydrogen-bond acceptors (Lipinski definition) is 3. The Bertz CT molecular complexity index is 415. The third kappa shape index (κ3) is 3.75. The number of rotatable bonds is 5. The van der Waals surface area contributed by atoms with Crippen molar-refractivity contribution in [2.24, 2.45) is 0 Å². The fourth-order valence-electron chi connectivity index (χ4n) is 1.44. The van der Waals surface area contributed by atoms with Gasteiger partial charge in [0.2, 0.25) is 0 Å². The van der Waals surface area contributed by atoms with Crippen LogP contribution < -0.4 is 5.32 Å². The van der Waals surface area contributed by atoms with Gasteiger partial charge in [0.1, 0.15) is 22.8 Å². The van der Waals surface area contributed by atoms with Gasteiger partial charge in [0, 0.05) is 13.7 Å². The molecule has 0 aliphatic rings. The zero-order chi connectivity index (χ0) is 13.8. The Hall–Kier alpha value is -1.53. The van der Waals surface area contributed by atoms with E-state index in [-0.39, 0.29) is 13.2 Å². The van der Waals surface area contributed by atoms with Gasteiger partial charge in [-0.1, -0.05) is 6.07 Å². The molecule has 18 heavy (non-hydrogen) atoms. The molecule has 100 valence electrons. The van der Waals surface area contributed by atoms with E-state index in [1.807, 2.05) is 0 Å². The van der Waals surface area contributed by atoms with Crippen molar-refractivity contribution in [3.63, 3.8) is 0 Å². The van der Waals surface area contributed by atoms with Crippen molar-refractivity contribution in [3.05, 3.63) is 35.4 Å². The minimum absolute atomic E-state index is 0.00691. The number of halogens is 2. The van der Waals surface area contributed by atoms with Crippen molar-refractivity contribution in [2.45, 2.75) is 12.5 Å². The highest BCUT2D eigenvalue weighted by molar-refractivity contribution is 5.94. The number of methoxy groups -OCH3 is 1. The Morgan fingerprint density at radius 2 is 2.00 bits per heavy atom. The molecule has 6 heteroatoms. The molecule has 1 rings (SSSR count). The maximum absolute atomic E-state index is 13.3. The minimum atomic E-state index is -1.30. The predicted molar refractivity (Wildman–Crippen MR) is 61.2 cm³/mol. The molecule has 0 bridgehead atoms. The Labute approximate surface area is 104 Å². The summed E-state index contributed by atoms with van der Waals surface area (Å²) in [7, 11) is 1.40. The molecule has 0 radical (unpaired) electrons. The first-order valence-corrected chi connectivity index (χ1v) is 5.31. The largest absolute Gasteiger partial charge is 0.386 e. The van der Waals surface area contributed by atoms with Crippen molar-refractivity contribution >= 4 is 5.91 Å². The highest BCUT2D eigenvalue weighted by atomic mass is 19.1. The normalized spacial score (nSPS) is 14.1. The van der Waals surface area contributed by atoms with Crippen LogP contribution in [0.1, 0.15) is 17.3 Å². The molecular weight excluding hydrogens is 244 g/mol. The number of nitrogens with one attached hydrogen (secondary N) is 1. The highest BCUT2D eigenvalue weighted by Crippen LogP contribution is 2.12. The summed E-state index contributed by atoms with van der Waals surface area (Å²) in [6, 6.07) is 3.15. The van der Waals surface area contributed by atoms with Crippen LogP contribution in [-0.2, 0) is 4.74 Å². The maximum Gasteiger partial charge on any atom is 0.257 e. The summed E-state index contributed by atoms with van der Waals surface area (Å²) in [5.74, 6) is -2.81. The SMILES string of the molecule is COC[C@@](C)(O)CNC(=O)c1c(F)cccc1F. The third-order valence-electron chi connectivity index (χ3n) is 2.27. The third-order valence-corrected chi connectivity index (χ3v) is 2.27. The van der Waals surface area contributed by atoms with Crippen LogP contribution in [0, 0.1) is 11.6 Å². The van der Waals surface area contributed by atoms with E-state index in [1.54, 1.807) is 0 Å². The van der Waals surface area contributed by atoms with E-state index in [1.165, 1.54) is 20.1 Å². The van der Waals surface area contributed by atoms with Crippen molar-refractivity contribution in [3.8, 4) is 0 Å². The Kier molecular flexibility index (Phi) is 4.75. The molecule has 0 aliphatic carbocycles. The molecule has 0 aliphatic heterocycles. The van der Waals surface area contributed by atoms with Gasteiger partial charge in [0.15, 0.2) is 0 Å². The molecule has 4 nitrogen and oxygen atoms in total. The van der Waals surface area contributed by atoms with E-state index >= 15 is 0 Å². The van der Waals surface area contributed by atoms with Gasteiger partial charge >= 0.3 is 0 Å². The van der Waals surface area contributed by atoms with Crippen LogP contribution in [0.2, 0.25) is 0 Å². The molecule has 0 aromatic heterocycles. The second-order valence-electron chi connectivity index (χ2n) is 4.21. The van der Waals surface area contributed by atoms with Crippen LogP contribution in [0.15, 0.2) is 18.2 Å². The average molecular weight is 259 g/mol. The molecule has 0 unspecified atom stereocenters. The Balaban J connectivity index is 2.72. The lowest BCUT2D eigenvalue weighted by molar-refractivity contribution is -0.0147. The lowest BCUT2D eigenvalue weighted by atomic mass is 10.1. The van der Waals surface area contributed by atoms with E-state index in [2.05, 4.69) is 5.32 Å². The Morgan fingerprint density at radius 3 is 2.50 bits per heavy atom. The van der Waals surface area contributed by atoms with Gasteiger partial charge in [-0.05, 0) is 19.1 Å². The number of ether oxygens (including phenoxy) is 1. The minimum Gasteiger partial charge on any atom is -0.386 e. The number of carbonyl (C=O) groups excluding carboxylic acids is 1. The zero-order valence-electron chi connectivity index (χ0n) is 10.2. The molecule has 0 heterocycles. The van der Waals surface area contributed by atoms with Gasteiger partial charge in [-0.2, -0.15) is 0 Å². The van der Waals surface area contributed by atoms with Gasteiger partial charge in [-0.3, -0.25) is 4.79 Å². The second-order valence-corrected chi connectivity index (χ2v) is 4.21. The molecule has 0 spiro atoms. The van der Waals surface area contributed by atoms with E-state index in [0.29, 0.717) is 0 Å². The lowest BCUT2D eigenvalue weighted by Gasteiger charge is -2.22. The smallest absolute Gasteiger partial charge is 0.257 e. The van der Waals surface area contributed by atoms with Crippen molar-refractivity contribution in [2.75, 3.05) is 20.3 Å². The fourth-order valence-corrected chi connectivity index (χ4v) is 1.44. The van der Waals surface area contributed by atoms with Gasteiger partial charge < -0.3 is 15.2 Å². The molecule has 1 aromatic rings. The Morgan fingerprint density at radius 1 is 1.44 bits per heavy atom. The average Bonchev–Trinajstić information content (AvgIpc) is 2.26. The molecule has 1 aromatic carbocycles. The summed E-state index contributed by atoms with van der Waals surface area (Å²) < 4.78 is 31.3. The van der Waals surface area contributed by atoms with Crippen LogP contribution >= 0.6 is 0 Å². The molecule has 0 saturated carbocycles. The highest BCUT2D eigenvalue weighted by Gasteiger charge is 2.23. The monoisotopic (exact) mass is 259 g/mol. The molecule has 0 fully saturated rings. The second kappa shape index (κ2) is 5.88. The van der Waals surface area contributed by atoms with E-state index in [9.17, 15) is 18.7 Å². The molecule has 1 amide bonds. The number of carbonyl (C=O) groups is 1. The van der Waals surface area contributed by atoms with Crippen LogP contribution in [-0.4, -0.2) is 36.9 Å². The summed E-state index contributed by atoms with van der Waals surface area (Å²) in [5.41, 5.74) is -1.96. The summed E-state index contributed by atoms with van der Waals surface area (Å²) in [5, 5.41) is 12.0. The van der Waals surface area contributed by atoms with Crippen molar-refractivity contribution < 1.29 is 23.4 Å². The molecule has 1 atom stereocenters. The molecule has 2 N–H and O–H groups in total. The van der Waals surface area contributed by atoms with Gasteiger partial charge in [-0.25, -0.2) is 8.78 Å². The lowest BCUT2D eigenvalue weighted by Crippen LogP contribution is -2.44. The maximum atomic E-state index is 13.3. The first-order valence-electron chi connectivity index (χ1n) is 5.31.